The standard InChI is InChI=1S/C17H15F3N6O2/c1-25-7-5-13(23-25)16(28)22-12-4-2-3-11(9-12)21-15(27)10-26-8-6-14(24-26)17(18,19)20/h2-9H,10H2,1H3,(H,21,27)(H,22,28). The van der Waals surface area contributed by atoms with Crippen LogP contribution in [0.1, 0.15) is 16.2 Å². The van der Waals surface area contributed by atoms with Gasteiger partial charge in [0.1, 0.15) is 6.54 Å². The summed E-state index contributed by atoms with van der Waals surface area (Å²) in [6.07, 6.45) is -1.86. The van der Waals surface area contributed by atoms with Crippen LogP contribution in [0.2, 0.25) is 0 Å². The van der Waals surface area contributed by atoms with Crippen LogP contribution in [0.4, 0.5) is 24.5 Å². The van der Waals surface area contributed by atoms with Crippen molar-refractivity contribution >= 4 is 23.2 Å². The number of aryl methyl sites for hydroxylation is 1. The lowest BCUT2D eigenvalue weighted by Crippen LogP contribution is -2.20. The number of halogens is 3. The van der Waals surface area contributed by atoms with Gasteiger partial charge >= 0.3 is 6.18 Å². The molecular weight excluding hydrogens is 377 g/mol. The highest BCUT2D eigenvalue weighted by Gasteiger charge is 2.33. The second-order valence-electron chi connectivity index (χ2n) is 5.85. The highest BCUT2D eigenvalue weighted by Crippen LogP contribution is 2.27. The SMILES string of the molecule is Cn1ccc(C(=O)Nc2cccc(NC(=O)Cn3ccc(C(F)(F)F)n3)c2)n1. The molecule has 0 saturated carbocycles. The topological polar surface area (TPSA) is 93.8 Å². The minimum absolute atomic E-state index is 0.232. The molecule has 3 aromatic rings. The number of aromatic nitrogens is 4. The molecule has 0 aliphatic carbocycles. The number of nitrogens with one attached hydrogen (secondary N) is 2. The third kappa shape index (κ3) is 4.75. The van der Waals surface area contributed by atoms with Crippen molar-refractivity contribution in [2.45, 2.75) is 12.7 Å². The van der Waals surface area contributed by atoms with E-state index in [1.807, 2.05) is 0 Å². The highest BCUT2D eigenvalue weighted by molar-refractivity contribution is 6.03. The Balaban J connectivity index is 1.61. The molecule has 0 fully saturated rings. The third-order valence-corrected chi connectivity index (χ3v) is 3.59. The van der Waals surface area contributed by atoms with Gasteiger partial charge in [-0.1, -0.05) is 6.07 Å². The summed E-state index contributed by atoms with van der Waals surface area (Å²) in [7, 11) is 1.68. The van der Waals surface area contributed by atoms with Crippen molar-refractivity contribution in [2.24, 2.45) is 7.05 Å². The van der Waals surface area contributed by atoms with Gasteiger partial charge in [-0.15, -0.1) is 0 Å². The van der Waals surface area contributed by atoms with Crippen LogP contribution < -0.4 is 10.6 Å². The van der Waals surface area contributed by atoms with E-state index in [0.29, 0.717) is 11.4 Å². The van der Waals surface area contributed by atoms with Crippen LogP contribution in [-0.2, 0) is 24.6 Å². The molecule has 0 radical (unpaired) electrons. The first-order chi connectivity index (χ1) is 13.2. The first kappa shape index (κ1) is 19.1. The fourth-order valence-electron chi connectivity index (χ4n) is 2.35. The van der Waals surface area contributed by atoms with E-state index in [2.05, 4.69) is 20.8 Å². The van der Waals surface area contributed by atoms with E-state index in [0.717, 1.165) is 16.9 Å². The van der Waals surface area contributed by atoms with Crippen LogP contribution in [0.5, 0.6) is 0 Å². The lowest BCUT2D eigenvalue weighted by atomic mass is 10.2. The highest BCUT2D eigenvalue weighted by atomic mass is 19.4. The maximum Gasteiger partial charge on any atom is 0.435 e. The Labute approximate surface area is 157 Å². The molecule has 0 unspecified atom stereocenters. The molecule has 1 aromatic carbocycles. The van der Waals surface area contributed by atoms with Gasteiger partial charge in [0.25, 0.3) is 5.91 Å². The molecule has 0 spiro atoms. The minimum Gasteiger partial charge on any atom is -0.324 e. The van der Waals surface area contributed by atoms with Crippen molar-refractivity contribution in [3.63, 3.8) is 0 Å². The molecule has 2 N–H and O–H groups in total. The molecule has 2 aromatic heterocycles. The van der Waals surface area contributed by atoms with Crippen LogP contribution in [-0.4, -0.2) is 31.4 Å². The first-order valence-electron chi connectivity index (χ1n) is 8.02. The summed E-state index contributed by atoms with van der Waals surface area (Å²) >= 11 is 0. The van der Waals surface area contributed by atoms with Gasteiger partial charge in [0.15, 0.2) is 11.4 Å². The van der Waals surface area contributed by atoms with Crippen molar-refractivity contribution < 1.29 is 22.8 Å². The number of hydrogen-bond donors (Lipinski definition) is 2. The van der Waals surface area contributed by atoms with Crippen molar-refractivity contribution in [3.05, 3.63) is 60.2 Å². The Kier molecular flexibility index (Phi) is 5.16. The van der Waals surface area contributed by atoms with E-state index < -0.39 is 23.7 Å². The van der Waals surface area contributed by atoms with Gasteiger partial charge in [0.05, 0.1) is 0 Å². The summed E-state index contributed by atoms with van der Waals surface area (Å²) in [4.78, 5) is 24.2. The molecular formula is C17H15F3N6O2. The van der Waals surface area contributed by atoms with Crippen molar-refractivity contribution in [1.29, 1.82) is 0 Å². The number of anilines is 2. The molecule has 0 saturated heterocycles. The summed E-state index contributed by atoms with van der Waals surface area (Å²) in [5.74, 6) is -0.981. The van der Waals surface area contributed by atoms with Crippen LogP contribution >= 0.6 is 0 Å². The molecule has 2 heterocycles. The Bertz CT molecular complexity index is 1010. The Morgan fingerprint density at radius 3 is 2.36 bits per heavy atom. The van der Waals surface area contributed by atoms with Crippen molar-refractivity contribution in [1.82, 2.24) is 19.6 Å². The number of alkyl halides is 3. The van der Waals surface area contributed by atoms with Gasteiger partial charge in [-0.25, -0.2) is 0 Å². The average Bonchev–Trinajstić information content (AvgIpc) is 3.24. The number of carbonyl (C=O) groups excluding carboxylic acids is 2. The molecule has 0 atom stereocenters. The lowest BCUT2D eigenvalue weighted by Gasteiger charge is -2.08. The Morgan fingerprint density at radius 1 is 1.04 bits per heavy atom. The van der Waals surface area contributed by atoms with E-state index in [1.165, 1.54) is 10.7 Å². The zero-order valence-corrected chi connectivity index (χ0v) is 14.6. The van der Waals surface area contributed by atoms with E-state index in [9.17, 15) is 22.8 Å². The maximum absolute atomic E-state index is 12.5. The number of amides is 2. The number of carbonyl (C=O) groups is 2. The quantitative estimate of drug-likeness (QED) is 0.698. The number of benzene rings is 1. The monoisotopic (exact) mass is 392 g/mol. The molecule has 11 heteroatoms. The molecule has 3 rings (SSSR count). The molecule has 2 amide bonds. The normalized spacial score (nSPS) is 11.3. The number of hydrogen-bond acceptors (Lipinski definition) is 4. The summed E-state index contributed by atoms with van der Waals surface area (Å²) in [6.45, 7) is -0.388. The van der Waals surface area contributed by atoms with Crippen molar-refractivity contribution in [2.75, 3.05) is 10.6 Å². The average molecular weight is 392 g/mol. The predicted molar refractivity (Wildman–Crippen MR) is 93.5 cm³/mol. The van der Waals surface area contributed by atoms with E-state index in [1.54, 1.807) is 37.5 Å². The minimum atomic E-state index is -4.57. The van der Waals surface area contributed by atoms with Gasteiger partial charge in [-0.3, -0.25) is 19.0 Å². The van der Waals surface area contributed by atoms with Crippen molar-refractivity contribution in [3.8, 4) is 0 Å². The van der Waals surface area contributed by atoms with Gasteiger partial charge in [-0.2, -0.15) is 23.4 Å². The number of rotatable bonds is 5. The molecule has 0 aliphatic rings. The second kappa shape index (κ2) is 7.55. The van der Waals surface area contributed by atoms with E-state index in [-0.39, 0.29) is 12.2 Å². The summed E-state index contributed by atoms with van der Waals surface area (Å²) in [5, 5.41) is 12.5. The molecule has 8 nitrogen and oxygen atoms in total. The molecule has 0 bridgehead atoms. The van der Waals surface area contributed by atoms with Crippen LogP contribution in [0.15, 0.2) is 48.8 Å². The summed E-state index contributed by atoms with van der Waals surface area (Å²) < 4.78 is 40.0. The fourth-order valence-corrected chi connectivity index (χ4v) is 2.35. The van der Waals surface area contributed by atoms with Crippen LogP contribution in [0.3, 0.4) is 0 Å². The van der Waals surface area contributed by atoms with Crippen LogP contribution in [0.25, 0.3) is 0 Å². The molecule has 0 aliphatic heterocycles. The first-order valence-corrected chi connectivity index (χ1v) is 8.02. The smallest absolute Gasteiger partial charge is 0.324 e. The lowest BCUT2D eigenvalue weighted by molar-refractivity contribution is -0.141. The van der Waals surface area contributed by atoms with E-state index >= 15 is 0 Å². The zero-order chi connectivity index (χ0) is 20.3. The fraction of sp³-hybridized carbons (Fsp3) is 0.176. The van der Waals surface area contributed by atoms with Gasteiger partial charge in [-0.05, 0) is 30.3 Å². The second-order valence-corrected chi connectivity index (χ2v) is 5.85. The summed E-state index contributed by atoms with van der Waals surface area (Å²) in [5.41, 5.74) is -0.0467. The molecule has 28 heavy (non-hydrogen) atoms. The predicted octanol–water partition coefficient (Wildman–Crippen LogP) is 2.53. The van der Waals surface area contributed by atoms with Gasteiger partial charge < -0.3 is 10.6 Å². The number of nitrogens with zero attached hydrogens (tertiary/aromatic N) is 4. The largest absolute Gasteiger partial charge is 0.435 e. The van der Waals surface area contributed by atoms with Gasteiger partial charge in [0.2, 0.25) is 5.91 Å². The third-order valence-electron chi connectivity index (χ3n) is 3.59. The maximum atomic E-state index is 12.5. The van der Waals surface area contributed by atoms with Gasteiger partial charge in [0, 0.05) is 30.8 Å². The summed E-state index contributed by atoms with van der Waals surface area (Å²) in [6, 6.07) is 8.68. The van der Waals surface area contributed by atoms with E-state index in [4.69, 9.17) is 0 Å². The molecule has 146 valence electrons. The Hall–Kier alpha value is -3.63. The van der Waals surface area contributed by atoms with Crippen LogP contribution in [0, 0.1) is 0 Å². The zero-order valence-electron chi connectivity index (χ0n) is 14.6. The Morgan fingerprint density at radius 2 is 1.75 bits per heavy atom.